The Bertz CT molecular complexity index is 2170. The van der Waals surface area contributed by atoms with Crippen LogP contribution < -0.4 is 10.4 Å². The van der Waals surface area contributed by atoms with E-state index >= 15 is 0 Å². The minimum Gasteiger partial charge on any atom is -0.208 e. The fourth-order valence-electron chi connectivity index (χ4n) is 6.20. The van der Waals surface area contributed by atoms with Gasteiger partial charge in [0.15, 0.2) is 17.5 Å². The summed E-state index contributed by atoms with van der Waals surface area (Å²) < 4.78 is 0. The summed E-state index contributed by atoms with van der Waals surface area (Å²) in [7, 11) is -2.87. The lowest BCUT2D eigenvalue weighted by atomic mass is 9.96. The molecular formula is C45H43N3Si2. The number of hydrogen-bond acceptors (Lipinski definition) is 3. The van der Waals surface area contributed by atoms with Gasteiger partial charge in [-0.2, -0.15) is 0 Å². The van der Waals surface area contributed by atoms with Gasteiger partial charge < -0.3 is 0 Å². The fraction of sp³-hybridized carbons (Fsp3) is 0.133. The van der Waals surface area contributed by atoms with Crippen LogP contribution in [-0.2, 0) is 0 Å². The summed E-state index contributed by atoms with van der Waals surface area (Å²) >= 11 is 0. The molecule has 1 aromatic heterocycles. The Morgan fingerprint density at radius 3 is 1.02 bits per heavy atom. The highest BCUT2D eigenvalue weighted by Crippen LogP contribution is 2.31. The summed E-state index contributed by atoms with van der Waals surface area (Å²) in [6, 6.07) is 54.3. The van der Waals surface area contributed by atoms with Crippen LogP contribution in [-0.4, -0.2) is 31.1 Å². The molecule has 7 aromatic rings. The molecule has 5 heteroatoms. The first-order chi connectivity index (χ1) is 24.0. The van der Waals surface area contributed by atoms with Crippen LogP contribution in [0.4, 0.5) is 0 Å². The molecule has 246 valence electrons. The second kappa shape index (κ2) is 13.6. The van der Waals surface area contributed by atoms with Crippen LogP contribution in [0.5, 0.6) is 0 Å². The average Bonchev–Trinajstić information content (AvgIpc) is 3.14. The Labute approximate surface area is 298 Å². The highest BCUT2D eigenvalue weighted by atomic mass is 28.3. The maximum atomic E-state index is 5.08. The third kappa shape index (κ3) is 7.35. The molecule has 0 saturated carbocycles. The van der Waals surface area contributed by atoms with Crippen molar-refractivity contribution in [1.29, 1.82) is 0 Å². The topological polar surface area (TPSA) is 38.7 Å². The predicted molar refractivity (Wildman–Crippen MR) is 218 cm³/mol. The van der Waals surface area contributed by atoms with Gasteiger partial charge in [-0.25, -0.2) is 15.0 Å². The Balaban J connectivity index is 1.26. The number of nitrogens with zero attached hydrogens (tertiary/aromatic N) is 3. The van der Waals surface area contributed by atoms with E-state index in [0.29, 0.717) is 17.5 Å². The van der Waals surface area contributed by atoms with Crippen molar-refractivity contribution in [3.05, 3.63) is 152 Å². The molecule has 0 aliphatic heterocycles. The molecule has 0 atom stereocenters. The summed E-state index contributed by atoms with van der Waals surface area (Å²) in [5.41, 5.74) is 10.0. The molecule has 0 N–H and O–H groups in total. The van der Waals surface area contributed by atoms with Crippen molar-refractivity contribution < 1.29 is 0 Å². The molecule has 0 bridgehead atoms. The zero-order valence-corrected chi connectivity index (χ0v) is 31.8. The zero-order valence-electron chi connectivity index (χ0n) is 29.8. The Morgan fingerprint density at radius 1 is 0.280 bits per heavy atom. The van der Waals surface area contributed by atoms with Crippen LogP contribution in [0, 0.1) is 0 Å². The van der Waals surface area contributed by atoms with E-state index in [1.54, 1.807) is 0 Å². The summed E-state index contributed by atoms with van der Waals surface area (Å²) in [6.45, 7) is 14.2. The molecule has 0 radical (unpaired) electrons. The molecule has 1 heterocycles. The van der Waals surface area contributed by atoms with Gasteiger partial charge in [-0.1, -0.05) is 189 Å². The lowest BCUT2D eigenvalue weighted by molar-refractivity contribution is 1.07. The highest BCUT2D eigenvalue weighted by Gasteiger charge is 2.19. The molecular weight excluding hydrogens is 639 g/mol. The van der Waals surface area contributed by atoms with E-state index in [-0.39, 0.29) is 0 Å². The average molecular weight is 682 g/mol. The molecule has 0 aliphatic carbocycles. The van der Waals surface area contributed by atoms with E-state index in [4.69, 9.17) is 15.0 Å². The van der Waals surface area contributed by atoms with Crippen molar-refractivity contribution in [2.45, 2.75) is 39.3 Å². The summed E-state index contributed by atoms with van der Waals surface area (Å²) in [5.74, 6) is 2.04. The maximum Gasteiger partial charge on any atom is 0.164 e. The second-order valence-electron chi connectivity index (χ2n) is 15.1. The predicted octanol–water partition coefficient (Wildman–Crippen LogP) is 11.0. The van der Waals surface area contributed by atoms with Gasteiger partial charge in [-0.15, -0.1) is 0 Å². The maximum absolute atomic E-state index is 5.08. The van der Waals surface area contributed by atoms with E-state index in [9.17, 15) is 0 Å². The Hall–Kier alpha value is -5.24. The SMILES string of the molecule is C[Si](C)(C)c1ccc(-c2nc(-c3ccc([Si](C)(C)C)cc3)nc(-c3cccc(-c4cccc(-c5ccc(-c6ccccc6)cc5)c4)c3)n2)cc1. The molecule has 3 nitrogen and oxygen atoms in total. The van der Waals surface area contributed by atoms with Crippen LogP contribution in [0.1, 0.15) is 0 Å². The molecule has 6 aromatic carbocycles. The molecule has 0 amide bonds. The lowest BCUT2D eigenvalue weighted by Crippen LogP contribution is -2.37. The van der Waals surface area contributed by atoms with Crippen molar-refractivity contribution in [2.75, 3.05) is 0 Å². The third-order valence-corrected chi connectivity index (χ3v) is 13.4. The minimum atomic E-state index is -1.44. The molecule has 50 heavy (non-hydrogen) atoms. The van der Waals surface area contributed by atoms with E-state index in [1.807, 2.05) is 0 Å². The van der Waals surface area contributed by atoms with Crippen LogP contribution in [0.3, 0.4) is 0 Å². The number of rotatable bonds is 8. The Morgan fingerprint density at radius 2 is 0.580 bits per heavy atom. The molecule has 0 aliphatic rings. The smallest absolute Gasteiger partial charge is 0.164 e. The van der Waals surface area contributed by atoms with Crippen molar-refractivity contribution >= 4 is 26.5 Å². The van der Waals surface area contributed by atoms with Gasteiger partial charge in [-0.05, 0) is 45.5 Å². The fourth-order valence-corrected chi connectivity index (χ4v) is 8.54. The summed E-state index contributed by atoms with van der Waals surface area (Å²) in [4.78, 5) is 15.2. The first-order valence-electron chi connectivity index (χ1n) is 17.4. The minimum absolute atomic E-state index is 0.669. The molecule has 7 rings (SSSR count). The van der Waals surface area contributed by atoms with Crippen molar-refractivity contribution in [1.82, 2.24) is 15.0 Å². The van der Waals surface area contributed by atoms with Crippen molar-refractivity contribution in [3.63, 3.8) is 0 Å². The van der Waals surface area contributed by atoms with E-state index < -0.39 is 16.1 Å². The van der Waals surface area contributed by atoms with E-state index in [2.05, 4.69) is 191 Å². The van der Waals surface area contributed by atoms with Gasteiger partial charge in [0.05, 0.1) is 16.1 Å². The monoisotopic (exact) mass is 681 g/mol. The first kappa shape index (κ1) is 33.3. The van der Waals surface area contributed by atoms with Crippen LogP contribution >= 0.6 is 0 Å². The molecule has 0 saturated heterocycles. The number of aromatic nitrogens is 3. The van der Waals surface area contributed by atoms with E-state index in [1.165, 1.54) is 32.6 Å². The Kier molecular flexibility index (Phi) is 9.04. The zero-order chi connectivity index (χ0) is 34.9. The molecule has 0 fully saturated rings. The van der Waals surface area contributed by atoms with Gasteiger partial charge in [0.2, 0.25) is 0 Å². The van der Waals surface area contributed by atoms with Gasteiger partial charge in [0, 0.05) is 16.7 Å². The molecule has 0 spiro atoms. The van der Waals surface area contributed by atoms with Gasteiger partial charge in [-0.3, -0.25) is 0 Å². The van der Waals surface area contributed by atoms with Crippen LogP contribution in [0.2, 0.25) is 39.3 Å². The molecule has 0 unspecified atom stereocenters. The van der Waals surface area contributed by atoms with Crippen LogP contribution in [0.25, 0.3) is 67.5 Å². The highest BCUT2D eigenvalue weighted by molar-refractivity contribution is 6.89. The summed E-state index contributed by atoms with van der Waals surface area (Å²) in [5, 5.41) is 2.83. The van der Waals surface area contributed by atoms with Crippen molar-refractivity contribution in [3.8, 4) is 67.5 Å². The normalized spacial score (nSPS) is 11.8. The first-order valence-corrected chi connectivity index (χ1v) is 24.4. The lowest BCUT2D eigenvalue weighted by Gasteiger charge is -2.17. The van der Waals surface area contributed by atoms with Gasteiger partial charge in [0.25, 0.3) is 0 Å². The standard InChI is InChI=1S/C45H43N3Si2/c1-49(2,3)41-26-22-35(23-27-41)43-46-44(36-24-28-42(29-25-36)50(4,5)6)48-45(47-43)40-17-11-16-39(31-40)38-15-10-14-37(30-38)34-20-18-33(19-21-34)32-12-8-7-9-13-32/h7-31H,1-6H3. The number of hydrogen-bond donors (Lipinski definition) is 0. The number of benzene rings is 6. The van der Waals surface area contributed by atoms with Crippen LogP contribution in [0.15, 0.2) is 152 Å². The second-order valence-corrected chi connectivity index (χ2v) is 25.2. The van der Waals surface area contributed by atoms with Gasteiger partial charge >= 0.3 is 0 Å². The van der Waals surface area contributed by atoms with E-state index in [0.717, 1.165) is 27.8 Å². The van der Waals surface area contributed by atoms with Gasteiger partial charge in [0.1, 0.15) is 0 Å². The quantitative estimate of drug-likeness (QED) is 0.150. The van der Waals surface area contributed by atoms with Crippen molar-refractivity contribution in [2.24, 2.45) is 0 Å². The third-order valence-electron chi connectivity index (χ3n) is 9.30. The summed E-state index contributed by atoms with van der Waals surface area (Å²) in [6.07, 6.45) is 0. The largest absolute Gasteiger partial charge is 0.208 e.